The van der Waals surface area contributed by atoms with E-state index in [0.717, 1.165) is 27.4 Å². The van der Waals surface area contributed by atoms with Crippen LogP contribution in [0.2, 0.25) is 5.02 Å². The topological polar surface area (TPSA) is 109 Å². The highest BCUT2D eigenvalue weighted by Crippen LogP contribution is 2.34. The third-order valence-electron chi connectivity index (χ3n) is 6.25. The van der Waals surface area contributed by atoms with Gasteiger partial charge in [0.25, 0.3) is 10.0 Å². The van der Waals surface area contributed by atoms with Gasteiger partial charge in [0.05, 0.1) is 12.1 Å². The van der Waals surface area contributed by atoms with Crippen LogP contribution < -0.4 is 5.32 Å². The number of thiophene rings is 1. The standard InChI is InChI=1S/C21H23ClN6O3S3/c22-15-4-3-14-10-19(33-18(14)11-15)34(30,31)26-8-9-27(16(12-26)2-1-6-23)21(29)28-7-5-17-20(25-28)32-13-24-17/h3-4,10-11,16-17,24H,1-2,5,7-9,12-13H2. The van der Waals surface area contributed by atoms with Gasteiger partial charge in [-0.3, -0.25) is 5.32 Å². The molecule has 2 saturated heterocycles. The first-order valence-corrected chi connectivity index (χ1v) is 14.6. The minimum atomic E-state index is -3.75. The van der Waals surface area contributed by atoms with E-state index in [1.54, 1.807) is 34.9 Å². The summed E-state index contributed by atoms with van der Waals surface area (Å²) in [5.74, 6) is 0.788. The van der Waals surface area contributed by atoms with E-state index in [2.05, 4.69) is 16.5 Å². The number of piperazine rings is 1. The first-order chi connectivity index (χ1) is 16.4. The van der Waals surface area contributed by atoms with Crippen molar-refractivity contribution in [1.82, 2.24) is 19.5 Å². The summed E-state index contributed by atoms with van der Waals surface area (Å²) in [7, 11) is -3.75. The third kappa shape index (κ3) is 4.53. The normalized spacial score (nSPS) is 23.6. The van der Waals surface area contributed by atoms with E-state index in [1.807, 2.05) is 6.07 Å². The number of carbonyl (C=O) groups is 1. The summed E-state index contributed by atoms with van der Waals surface area (Å²) in [6, 6.07) is 8.68. The average Bonchev–Trinajstić information content (AvgIpc) is 3.48. The van der Waals surface area contributed by atoms with Gasteiger partial charge in [-0.1, -0.05) is 29.4 Å². The fourth-order valence-electron chi connectivity index (χ4n) is 4.45. The van der Waals surface area contributed by atoms with Crippen LogP contribution in [0.25, 0.3) is 10.1 Å². The predicted molar refractivity (Wildman–Crippen MR) is 134 cm³/mol. The number of amides is 2. The van der Waals surface area contributed by atoms with Crippen molar-refractivity contribution in [3.8, 4) is 6.07 Å². The molecule has 13 heteroatoms. The average molecular weight is 539 g/mol. The zero-order chi connectivity index (χ0) is 23.9. The summed E-state index contributed by atoms with van der Waals surface area (Å²) < 4.78 is 29.4. The van der Waals surface area contributed by atoms with Crippen LogP contribution in [-0.2, 0) is 10.0 Å². The molecule has 0 bridgehead atoms. The number of carbonyl (C=O) groups excluding carboxylic acids is 1. The maximum atomic E-state index is 13.5. The third-order valence-corrected chi connectivity index (χ3v) is 10.9. The highest BCUT2D eigenvalue weighted by atomic mass is 35.5. The van der Waals surface area contributed by atoms with Gasteiger partial charge >= 0.3 is 6.03 Å². The van der Waals surface area contributed by atoms with Crippen LogP contribution in [0.5, 0.6) is 0 Å². The van der Waals surface area contributed by atoms with E-state index in [4.69, 9.17) is 16.9 Å². The largest absolute Gasteiger partial charge is 0.340 e. The summed E-state index contributed by atoms with van der Waals surface area (Å²) in [6.07, 6.45) is 1.43. The molecule has 2 fully saturated rings. The van der Waals surface area contributed by atoms with Crippen molar-refractivity contribution in [2.75, 3.05) is 32.1 Å². The molecule has 2 amide bonds. The summed E-state index contributed by atoms with van der Waals surface area (Å²) in [4.78, 5) is 15.0. The first-order valence-electron chi connectivity index (χ1n) is 11.0. The Kier molecular flexibility index (Phi) is 6.76. The number of benzene rings is 1. The molecule has 2 atom stereocenters. The second-order valence-corrected chi connectivity index (χ2v) is 13.0. The van der Waals surface area contributed by atoms with Crippen molar-refractivity contribution in [2.45, 2.75) is 35.6 Å². The molecule has 0 spiro atoms. The van der Waals surface area contributed by atoms with Crippen LogP contribution in [0.3, 0.4) is 0 Å². The number of rotatable bonds is 4. The van der Waals surface area contributed by atoms with Gasteiger partial charge in [-0.2, -0.15) is 14.7 Å². The number of nitriles is 1. The van der Waals surface area contributed by atoms with E-state index >= 15 is 0 Å². The van der Waals surface area contributed by atoms with Gasteiger partial charge in [0.15, 0.2) is 0 Å². The van der Waals surface area contributed by atoms with Crippen molar-refractivity contribution >= 4 is 65.9 Å². The Morgan fingerprint density at radius 1 is 1.29 bits per heavy atom. The molecule has 1 aromatic carbocycles. The zero-order valence-electron chi connectivity index (χ0n) is 18.2. The lowest BCUT2D eigenvalue weighted by atomic mass is 10.1. The summed E-state index contributed by atoms with van der Waals surface area (Å²) in [5.41, 5.74) is 0. The molecule has 9 nitrogen and oxygen atoms in total. The number of fused-ring (bicyclic) bond motifs is 2. The molecule has 34 heavy (non-hydrogen) atoms. The van der Waals surface area contributed by atoms with Crippen LogP contribution in [0, 0.1) is 11.3 Å². The number of hydrogen-bond donors (Lipinski definition) is 1. The van der Waals surface area contributed by atoms with Gasteiger partial charge < -0.3 is 4.90 Å². The molecule has 1 aromatic heterocycles. The minimum Gasteiger partial charge on any atom is -0.317 e. The molecule has 5 rings (SSSR count). The number of nitrogens with zero attached hydrogens (tertiary/aromatic N) is 5. The predicted octanol–water partition coefficient (Wildman–Crippen LogP) is 3.34. The number of nitrogens with one attached hydrogen (secondary N) is 1. The fourth-order valence-corrected chi connectivity index (χ4v) is 8.73. The molecule has 3 aliphatic heterocycles. The van der Waals surface area contributed by atoms with Crippen molar-refractivity contribution in [2.24, 2.45) is 5.10 Å². The van der Waals surface area contributed by atoms with Gasteiger partial charge in [-0.25, -0.2) is 18.2 Å². The van der Waals surface area contributed by atoms with Crippen LogP contribution in [-0.4, -0.2) is 77.8 Å². The molecular formula is C21H23ClN6O3S3. The van der Waals surface area contributed by atoms with Crippen molar-refractivity contribution in [3.05, 3.63) is 29.3 Å². The highest BCUT2D eigenvalue weighted by Gasteiger charge is 2.39. The smallest absolute Gasteiger partial charge is 0.317 e. The lowest BCUT2D eigenvalue weighted by Crippen LogP contribution is -2.59. The van der Waals surface area contributed by atoms with Gasteiger partial charge in [0.2, 0.25) is 0 Å². The second-order valence-electron chi connectivity index (χ2n) is 8.33. The summed E-state index contributed by atoms with van der Waals surface area (Å²) >= 11 is 8.85. The van der Waals surface area contributed by atoms with Gasteiger partial charge in [0, 0.05) is 54.2 Å². The van der Waals surface area contributed by atoms with Crippen LogP contribution >= 0.6 is 34.7 Å². The van der Waals surface area contributed by atoms with E-state index < -0.39 is 16.1 Å². The minimum absolute atomic E-state index is 0.147. The Morgan fingerprint density at radius 3 is 2.97 bits per heavy atom. The Balaban J connectivity index is 1.36. The van der Waals surface area contributed by atoms with Crippen molar-refractivity contribution < 1.29 is 13.2 Å². The van der Waals surface area contributed by atoms with Gasteiger partial charge in [-0.15, -0.1) is 11.3 Å². The maximum absolute atomic E-state index is 13.5. The van der Waals surface area contributed by atoms with E-state index in [9.17, 15) is 13.2 Å². The summed E-state index contributed by atoms with van der Waals surface area (Å²) in [6.45, 7) is 1.10. The number of urea groups is 1. The molecule has 180 valence electrons. The number of thioether (sulfide) groups is 1. The van der Waals surface area contributed by atoms with Gasteiger partial charge in [-0.05, 0) is 36.4 Å². The molecule has 3 aliphatic rings. The van der Waals surface area contributed by atoms with E-state index in [0.29, 0.717) is 18.0 Å². The van der Waals surface area contributed by atoms with Crippen molar-refractivity contribution in [3.63, 3.8) is 0 Å². The Morgan fingerprint density at radius 2 is 2.15 bits per heavy atom. The van der Waals surface area contributed by atoms with Crippen LogP contribution in [0.4, 0.5) is 4.79 Å². The monoisotopic (exact) mass is 538 g/mol. The first kappa shape index (κ1) is 23.8. The fraction of sp³-hybridized carbons (Fsp3) is 0.476. The highest BCUT2D eigenvalue weighted by molar-refractivity contribution is 8.14. The lowest BCUT2D eigenvalue weighted by molar-refractivity contribution is 0.0970. The maximum Gasteiger partial charge on any atom is 0.340 e. The second kappa shape index (κ2) is 9.64. The molecule has 0 radical (unpaired) electrons. The number of sulfonamides is 1. The molecular weight excluding hydrogens is 516 g/mol. The molecule has 4 heterocycles. The quantitative estimate of drug-likeness (QED) is 0.639. The van der Waals surface area contributed by atoms with Crippen LogP contribution in [0.1, 0.15) is 19.3 Å². The Bertz CT molecular complexity index is 1290. The number of hydrogen-bond acceptors (Lipinski definition) is 8. The lowest BCUT2D eigenvalue weighted by Gasteiger charge is -2.42. The molecule has 2 unspecified atom stereocenters. The SMILES string of the molecule is N#CCCC1CN(S(=O)(=O)c2cc3ccc(Cl)cc3s2)CCN1C(=O)N1CCC2NCSC2=N1. The van der Waals surface area contributed by atoms with Crippen molar-refractivity contribution in [1.29, 1.82) is 5.26 Å². The van der Waals surface area contributed by atoms with E-state index in [-0.39, 0.29) is 42.3 Å². The van der Waals surface area contributed by atoms with Crippen LogP contribution in [0.15, 0.2) is 33.6 Å². The number of hydrazone groups is 1. The molecule has 0 saturated carbocycles. The Labute approximate surface area is 211 Å². The van der Waals surface area contributed by atoms with Gasteiger partial charge in [0.1, 0.15) is 9.25 Å². The molecule has 1 N–H and O–H groups in total. The number of halogens is 1. The summed E-state index contributed by atoms with van der Waals surface area (Å²) in [5, 5.41) is 20.8. The molecule has 2 aromatic rings. The zero-order valence-corrected chi connectivity index (χ0v) is 21.4. The Hall–Kier alpha value is -1.88. The van der Waals surface area contributed by atoms with E-state index in [1.165, 1.54) is 20.7 Å². The molecule has 0 aliphatic carbocycles.